The molecular weight excluding hydrogens is 459 g/mol. The Morgan fingerprint density at radius 2 is 1.58 bits per heavy atom. The summed E-state index contributed by atoms with van der Waals surface area (Å²) in [5, 5.41) is 11.3. The average Bonchev–Trinajstić information content (AvgIpc) is 2.75. The Morgan fingerprint density at radius 3 is 2.12 bits per heavy atom. The molecule has 172 valence electrons. The molecule has 0 saturated carbocycles. The van der Waals surface area contributed by atoms with Gasteiger partial charge in [-0.1, -0.05) is 65.2 Å². The number of hydrogen-bond acceptors (Lipinski definition) is 4. The van der Waals surface area contributed by atoms with Gasteiger partial charge in [0.05, 0.1) is 12.5 Å². The molecule has 0 radical (unpaired) electrons. The Kier molecular flexibility index (Phi) is 7.28. The van der Waals surface area contributed by atoms with Crippen LogP contribution in [0.15, 0.2) is 60.7 Å². The van der Waals surface area contributed by atoms with E-state index in [1.54, 1.807) is 0 Å². The van der Waals surface area contributed by atoms with Gasteiger partial charge < -0.3 is 14.6 Å². The van der Waals surface area contributed by atoms with E-state index < -0.39 is 18.2 Å². The Morgan fingerprint density at radius 1 is 1.00 bits per heavy atom. The smallest absolute Gasteiger partial charge is 0.308 e. The predicted molar refractivity (Wildman–Crippen MR) is 130 cm³/mol. The largest absolute Gasteiger partial charge is 0.489 e. The molecular formula is C27H26Cl2O4. The molecule has 1 heterocycles. The number of halogens is 2. The third-order valence-electron chi connectivity index (χ3n) is 5.81. The molecule has 4 rings (SSSR count). The van der Waals surface area contributed by atoms with Crippen LogP contribution in [0.2, 0.25) is 10.0 Å². The highest BCUT2D eigenvalue weighted by molar-refractivity contribution is 6.30. The number of aryl methyl sites for hydroxylation is 2. The number of rotatable bonds is 6. The van der Waals surface area contributed by atoms with Crippen molar-refractivity contribution in [1.29, 1.82) is 0 Å². The van der Waals surface area contributed by atoms with E-state index in [-0.39, 0.29) is 18.9 Å². The molecule has 0 aliphatic carbocycles. The van der Waals surface area contributed by atoms with Crippen LogP contribution in [0, 0.1) is 13.8 Å². The van der Waals surface area contributed by atoms with E-state index in [1.165, 1.54) is 0 Å². The molecule has 1 aliphatic heterocycles. The molecule has 0 spiro atoms. The van der Waals surface area contributed by atoms with Gasteiger partial charge in [0.1, 0.15) is 18.5 Å². The highest BCUT2D eigenvalue weighted by atomic mass is 35.5. The number of aliphatic hydroxyl groups excluding tert-OH is 1. The normalized spacial score (nSPS) is 18.3. The first-order chi connectivity index (χ1) is 15.8. The van der Waals surface area contributed by atoms with Crippen LogP contribution >= 0.6 is 23.2 Å². The second kappa shape index (κ2) is 10.2. The molecule has 33 heavy (non-hydrogen) atoms. The Labute approximate surface area is 204 Å². The Bertz CT molecular complexity index is 1080. The average molecular weight is 485 g/mol. The fourth-order valence-electron chi connectivity index (χ4n) is 4.40. The number of benzene rings is 3. The van der Waals surface area contributed by atoms with Gasteiger partial charge in [-0.2, -0.15) is 0 Å². The number of cyclic esters (lactones) is 1. The molecule has 3 aromatic rings. The minimum atomic E-state index is -0.700. The van der Waals surface area contributed by atoms with E-state index in [1.807, 2.05) is 55.5 Å². The number of carbonyl (C=O) groups is 1. The van der Waals surface area contributed by atoms with Crippen molar-refractivity contribution in [1.82, 2.24) is 0 Å². The summed E-state index contributed by atoms with van der Waals surface area (Å²) in [6, 6.07) is 19.8. The lowest BCUT2D eigenvalue weighted by Gasteiger charge is -2.28. The molecule has 1 fully saturated rings. The summed E-state index contributed by atoms with van der Waals surface area (Å²) < 4.78 is 11.7. The number of esters is 1. The van der Waals surface area contributed by atoms with Crippen molar-refractivity contribution in [2.75, 3.05) is 6.61 Å². The summed E-state index contributed by atoms with van der Waals surface area (Å²) in [6.07, 6.45) is -0.793. The monoisotopic (exact) mass is 484 g/mol. The van der Waals surface area contributed by atoms with Gasteiger partial charge in [-0.05, 0) is 54.8 Å². The van der Waals surface area contributed by atoms with Gasteiger partial charge in [0.25, 0.3) is 0 Å². The van der Waals surface area contributed by atoms with Crippen molar-refractivity contribution < 1.29 is 19.4 Å². The molecule has 2 unspecified atom stereocenters. The molecule has 0 bridgehead atoms. The van der Waals surface area contributed by atoms with Crippen LogP contribution in [0.25, 0.3) is 0 Å². The van der Waals surface area contributed by atoms with Crippen molar-refractivity contribution >= 4 is 29.2 Å². The van der Waals surface area contributed by atoms with Gasteiger partial charge in [0, 0.05) is 27.9 Å². The topological polar surface area (TPSA) is 55.8 Å². The molecule has 0 amide bonds. The summed E-state index contributed by atoms with van der Waals surface area (Å²) in [6.45, 7) is 4.24. The molecule has 3 aromatic carbocycles. The van der Waals surface area contributed by atoms with Crippen LogP contribution in [-0.4, -0.2) is 29.9 Å². The SMILES string of the molecule is Cc1cc(C)c(OCC2CC(O)CC(=O)O2)c(C(c2ccc(Cl)cc2)c2ccc(Cl)cc2)c1. The number of ether oxygens (including phenoxy) is 2. The third-order valence-corrected chi connectivity index (χ3v) is 6.32. The molecule has 2 atom stereocenters. The summed E-state index contributed by atoms with van der Waals surface area (Å²) in [4.78, 5) is 11.7. The van der Waals surface area contributed by atoms with Crippen LogP contribution < -0.4 is 4.74 Å². The van der Waals surface area contributed by atoms with Crippen molar-refractivity contribution in [3.05, 3.63) is 98.5 Å². The van der Waals surface area contributed by atoms with Crippen LogP contribution in [0.4, 0.5) is 0 Å². The van der Waals surface area contributed by atoms with Gasteiger partial charge in [0.2, 0.25) is 0 Å². The maximum absolute atomic E-state index is 11.7. The maximum atomic E-state index is 11.7. The summed E-state index contributed by atoms with van der Waals surface area (Å²) in [5.74, 6) is 0.225. The maximum Gasteiger partial charge on any atom is 0.308 e. The summed E-state index contributed by atoms with van der Waals surface area (Å²) in [7, 11) is 0. The van der Waals surface area contributed by atoms with Gasteiger partial charge >= 0.3 is 5.97 Å². The minimum Gasteiger partial charge on any atom is -0.489 e. The molecule has 1 saturated heterocycles. The van der Waals surface area contributed by atoms with Gasteiger partial charge in [-0.15, -0.1) is 0 Å². The lowest BCUT2D eigenvalue weighted by Crippen LogP contribution is -2.36. The van der Waals surface area contributed by atoms with Gasteiger partial charge in [0.15, 0.2) is 0 Å². The fraction of sp³-hybridized carbons (Fsp3) is 0.296. The van der Waals surface area contributed by atoms with Crippen LogP contribution in [-0.2, 0) is 9.53 Å². The van der Waals surface area contributed by atoms with E-state index in [0.29, 0.717) is 16.5 Å². The van der Waals surface area contributed by atoms with Crippen LogP contribution in [0.5, 0.6) is 5.75 Å². The van der Waals surface area contributed by atoms with E-state index in [9.17, 15) is 9.90 Å². The minimum absolute atomic E-state index is 0.0283. The highest BCUT2D eigenvalue weighted by Crippen LogP contribution is 2.40. The lowest BCUT2D eigenvalue weighted by atomic mass is 9.83. The van der Waals surface area contributed by atoms with Crippen molar-refractivity contribution in [3.63, 3.8) is 0 Å². The number of hydrogen-bond donors (Lipinski definition) is 1. The lowest BCUT2D eigenvalue weighted by molar-refractivity contribution is -0.162. The molecule has 1 aliphatic rings. The zero-order valence-corrected chi connectivity index (χ0v) is 20.1. The molecule has 1 N–H and O–H groups in total. The first kappa shape index (κ1) is 23.6. The Hall–Kier alpha value is -2.53. The number of aliphatic hydroxyl groups is 1. The van der Waals surface area contributed by atoms with Gasteiger partial charge in [-0.3, -0.25) is 4.79 Å². The van der Waals surface area contributed by atoms with Gasteiger partial charge in [-0.25, -0.2) is 0 Å². The first-order valence-electron chi connectivity index (χ1n) is 10.9. The number of carbonyl (C=O) groups excluding carboxylic acids is 1. The van der Waals surface area contributed by atoms with Crippen LogP contribution in [0.1, 0.15) is 46.6 Å². The van der Waals surface area contributed by atoms with Crippen LogP contribution in [0.3, 0.4) is 0 Å². The van der Waals surface area contributed by atoms with Crippen molar-refractivity contribution in [2.45, 2.75) is 44.8 Å². The first-order valence-corrected chi connectivity index (χ1v) is 11.7. The van der Waals surface area contributed by atoms with Crippen molar-refractivity contribution in [3.8, 4) is 5.75 Å². The van der Waals surface area contributed by atoms with E-state index in [0.717, 1.165) is 33.6 Å². The quantitative estimate of drug-likeness (QED) is 0.332. The predicted octanol–water partition coefficient (Wildman–Crippen LogP) is 6.24. The second-order valence-corrected chi connectivity index (χ2v) is 9.43. The van der Waals surface area contributed by atoms with E-state index >= 15 is 0 Å². The summed E-state index contributed by atoms with van der Waals surface area (Å²) >= 11 is 12.3. The highest BCUT2D eigenvalue weighted by Gasteiger charge is 2.29. The molecule has 4 nitrogen and oxygen atoms in total. The zero-order chi connectivity index (χ0) is 23.5. The standard InChI is InChI=1S/C27H26Cl2O4/c1-16-11-17(2)27(32-15-23-13-22(30)14-25(31)33-23)24(12-16)26(18-3-7-20(28)8-4-18)19-5-9-21(29)10-6-19/h3-12,22-23,26,30H,13-15H2,1-2H3. The Balaban J connectivity index is 1.75. The third kappa shape index (κ3) is 5.70. The molecule has 0 aromatic heterocycles. The molecule has 6 heteroatoms. The second-order valence-electron chi connectivity index (χ2n) is 8.55. The van der Waals surface area contributed by atoms with E-state index in [2.05, 4.69) is 19.1 Å². The van der Waals surface area contributed by atoms with E-state index in [4.69, 9.17) is 32.7 Å². The fourth-order valence-corrected chi connectivity index (χ4v) is 4.65. The van der Waals surface area contributed by atoms with Crippen molar-refractivity contribution in [2.24, 2.45) is 0 Å². The summed E-state index contributed by atoms with van der Waals surface area (Å²) in [5.41, 5.74) is 5.23. The zero-order valence-electron chi connectivity index (χ0n) is 18.6.